The van der Waals surface area contributed by atoms with Crippen molar-refractivity contribution < 1.29 is 18.0 Å². The molecule has 1 heterocycles. The first-order valence-corrected chi connectivity index (χ1v) is 5.91. The minimum atomic E-state index is -4.23. The van der Waals surface area contributed by atoms with Crippen molar-refractivity contribution in [3.63, 3.8) is 0 Å². The lowest BCUT2D eigenvalue weighted by Crippen LogP contribution is -2.08. The van der Waals surface area contributed by atoms with Crippen LogP contribution in [0.2, 0.25) is 8.67 Å². The van der Waals surface area contributed by atoms with Crippen LogP contribution in [0.5, 0.6) is 0 Å². The van der Waals surface area contributed by atoms with Gasteiger partial charge in [0.05, 0.1) is 4.34 Å². The van der Waals surface area contributed by atoms with Gasteiger partial charge in [-0.25, -0.2) is 0 Å². The molecule has 0 aliphatic heterocycles. The Hall–Kier alpha value is -0.260. The third kappa shape index (κ3) is 4.31. The maximum absolute atomic E-state index is 11.8. The van der Waals surface area contributed by atoms with Crippen LogP contribution in [0.15, 0.2) is 6.07 Å². The molecule has 0 aliphatic rings. The lowest BCUT2D eigenvalue weighted by molar-refractivity contribution is -0.135. The number of thiophene rings is 1. The van der Waals surface area contributed by atoms with Gasteiger partial charge in [-0.05, 0) is 12.5 Å². The van der Waals surface area contributed by atoms with Crippen molar-refractivity contribution in [1.29, 1.82) is 0 Å². The fourth-order valence-electron chi connectivity index (χ4n) is 1.11. The lowest BCUT2D eigenvalue weighted by atomic mass is 10.1. The summed E-state index contributed by atoms with van der Waals surface area (Å²) in [5.74, 6) is -0.405. The predicted molar refractivity (Wildman–Crippen MR) is 58.6 cm³/mol. The first-order valence-electron chi connectivity index (χ1n) is 4.34. The van der Waals surface area contributed by atoms with E-state index in [0.717, 1.165) is 11.3 Å². The van der Waals surface area contributed by atoms with E-state index in [-0.39, 0.29) is 22.7 Å². The summed E-state index contributed by atoms with van der Waals surface area (Å²) in [6, 6.07) is 1.38. The lowest BCUT2D eigenvalue weighted by Gasteiger charge is -2.04. The zero-order valence-corrected chi connectivity index (χ0v) is 10.2. The number of carbonyl (C=O) groups is 1. The molecular weight excluding hydrogens is 284 g/mol. The second kappa shape index (κ2) is 5.38. The number of halogens is 5. The van der Waals surface area contributed by atoms with Crippen molar-refractivity contribution in [3.05, 3.63) is 20.3 Å². The zero-order valence-electron chi connectivity index (χ0n) is 7.90. The molecule has 0 atom stereocenters. The van der Waals surface area contributed by atoms with E-state index >= 15 is 0 Å². The Morgan fingerprint density at radius 1 is 1.38 bits per heavy atom. The van der Waals surface area contributed by atoms with E-state index in [4.69, 9.17) is 23.2 Å². The SMILES string of the molecule is O=C(CCCC(F)(F)F)c1cc(Cl)sc1Cl. The van der Waals surface area contributed by atoms with E-state index in [9.17, 15) is 18.0 Å². The molecule has 0 spiro atoms. The van der Waals surface area contributed by atoms with E-state index in [1.54, 1.807) is 0 Å². The highest BCUT2D eigenvalue weighted by Crippen LogP contribution is 2.32. The molecule has 0 bridgehead atoms. The van der Waals surface area contributed by atoms with E-state index in [0.29, 0.717) is 4.34 Å². The van der Waals surface area contributed by atoms with Gasteiger partial charge in [-0.3, -0.25) is 4.79 Å². The average Bonchev–Trinajstić information content (AvgIpc) is 2.43. The molecule has 1 rings (SSSR count). The van der Waals surface area contributed by atoms with Gasteiger partial charge in [-0.1, -0.05) is 23.2 Å². The highest BCUT2D eigenvalue weighted by atomic mass is 35.5. The van der Waals surface area contributed by atoms with Crippen molar-refractivity contribution in [2.45, 2.75) is 25.4 Å². The van der Waals surface area contributed by atoms with E-state index < -0.39 is 18.4 Å². The first-order chi connectivity index (χ1) is 7.29. The predicted octanol–water partition coefficient (Wildman–Crippen LogP) is 4.97. The number of ketones is 1. The van der Waals surface area contributed by atoms with Crippen LogP contribution in [-0.4, -0.2) is 12.0 Å². The monoisotopic (exact) mass is 290 g/mol. The van der Waals surface area contributed by atoms with Crippen LogP contribution in [-0.2, 0) is 0 Å². The number of alkyl halides is 3. The zero-order chi connectivity index (χ0) is 12.3. The van der Waals surface area contributed by atoms with Gasteiger partial charge in [0, 0.05) is 18.4 Å². The molecule has 0 unspecified atom stereocenters. The van der Waals surface area contributed by atoms with Crippen LogP contribution in [0, 0.1) is 0 Å². The van der Waals surface area contributed by atoms with Gasteiger partial charge >= 0.3 is 6.18 Å². The summed E-state index contributed by atoms with van der Waals surface area (Å²) >= 11 is 12.3. The first kappa shape index (κ1) is 13.8. The summed E-state index contributed by atoms with van der Waals surface area (Å²) in [5.41, 5.74) is 0.207. The standard InChI is InChI=1S/C9H7Cl2F3OS/c10-7-4-5(8(11)16-7)6(15)2-1-3-9(12,13)14/h4H,1-3H2. The van der Waals surface area contributed by atoms with Gasteiger partial charge in [0.15, 0.2) is 5.78 Å². The molecule has 90 valence electrons. The van der Waals surface area contributed by atoms with Gasteiger partial charge in [0.25, 0.3) is 0 Å². The second-order valence-electron chi connectivity index (χ2n) is 3.13. The topological polar surface area (TPSA) is 17.1 Å². The summed E-state index contributed by atoms with van der Waals surface area (Å²) in [6.45, 7) is 0. The van der Waals surface area contributed by atoms with Gasteiger partial charge in [-0.2, -0.15) is 13.2 Å². The molecule has 0 fully saturated rings. The largest absolute Gasteiger partial charge is 0.389 e. The summed E-state index contributed by atoms with van der Waals surface area (Å²) < 4.78 is 36.1. The maximum Gasteiger partial charge on any atom is 0.389 e. The second-order valence-corrected chi connectivity index (χ2v) is 5.42. The molecule has 1 aromatic heterocycles. The Kier molecular flexibility index (Phi) is 4.64. The third-order valence-corrected chi connectivity index (χ3v) is 3.31. The molecule has 0 aliphatic carbocycles. The number of carbonyl (C=O) groups excluding carboxylic acids is 1. The molecule has 7 heteroatoms. The third-order valence-electron chi connectivity index (χ3n) is 1.82. The summed E-state index contributed by atoms with van der Waals surface area (Å²) in [7, 11) is 0. The molecule has 1 aromatic rings. The van der Waals surface area contributed by atoms with E-state index in [1.165, 1.54) is 6.07 Å². The van der Waals surface area contributed by atoms with E-state index in [1.807, 2.05) is 0 Å². The van der Waals surface area contributed by atoms with Crippen LogP contribution in [0.3, 0.4) is 0 Å². The summed E-state index contributed by atoms with van der Waals surface area (Å²) in [5, 5.41) is 0. The van der Waals surface area contributed by atoms with Crippen molar-refractivity contribution in [1.82, 2.24) is 0 Å². The Morgan fingerprint density at radius 3 is 2.44 bits per heavy atom. The number of rotatable bonds is 4. The highest BCUT2D eigenvalue weighted by Gasteiger charge is 2.27. The van der Waals surface area contributed by atoms with Crippen molar-refractivity contribution in [3.8, 4) is 0 Å². The fourth-order valence-corrected chi connectivity index (χ4v) is 2.61. The van der Waals surface area contributed by atoms with Crippen LogP contribution in [0.25, 0.3) is 0 Å². The molecule has 0 N–H and O–H groups in total. The Morgan fingerprint density at radius 2 is 2.00 bits per heavy atom. The molecule has 0 aromatic carbocycles. The Labute approximate surface area is 104 Å². The van der Waals surface area contributed by atoms with Gasteiger partial charge in [0.2, 0.25) is 0 Å². The van der Waals surface area contributed by atoms with Crippen LogP contribution < -0.4 is 0 Å². The van der Waals surface area contributed by atoms with Gasteiger partial charge < -0.3 is 0 Å². The van der Waals surface area contributed by atoms with Crippen LogP contribution in [0.1, 0.15) is 29.6 Å². The molecule has 0 amide bonds. The smallest absolute Gasteiger partial charge is 0.294 e. The van der Waals surface area contributed by atoms with Gasteiger partial charge in [-0.15, -0.1) is 11.3 Å². The van der Waals surface area contributed by atoms with Crippen molar-refractivity contribution >= 4 is 40.3 Å². The summed E-state index contributed by atoms with van der Waals surface area (Å²) in [6.07, 6.45) is -5.59. The fraction of sp³-hybridized carbons (Fsp3) is 0.444. The molecule has 1 nitrogen and oxygen atoms in total. The Balaban J connectivity index is 2.51. The maximum atomic E-state index is 11.8. The summed E-state index contributed by atoms with van der Waals surface area (Å²) in [4.78, 5) is 11.5. The molecule has 0 saturated carbocycles. The van der Waals surface area contributed by atoms with Crippen molar-refractivity contribution in [2.24, 2.45) is 0 Å². The van der Waals surface area contributed by atoms with E-state index in [2.05, 4.69) is 0 Å². The van der Waals surface area contributed by atoms with Crippen molar-refractivity contribution in [2.75, 3.05) is 0 Å². The number of Topliss-reactive ketones (excluding diaryl/α,β-unsaturated/α-hetero) is 1. The number of hydrogen-bond acceptors (Lipinski definition) is 2. The average molecular weight is 291 g/mol. The minimum Gasteiger partial charge on any atom is -0.294 e. The number of hydrogen-bond donors (Lipinski definition) is 0. The Bertz CT molecular complexity index is 387. The molecular formula is C9H7Cl2F3OS. The van der Waals surface area contributed by atoms with Crippen LogP contribution in [0.4, 0.5) is 13.2 Å². The molecule has 16 heavy (non-hydrogen) atoms. The normalized spacial score (nSPS) is 11.8. The quantitative estimate of drug-likeness (QED) is 0.716. The molecule has 0 radical (unpaired) electrons. The highest BCUT2D eigenvalue weighted by molar-refractivity contribution is 7.20. The van der Waals surface area contributed by atoms with Gasteiger partial charge in [0.1, 0.15) is 4.34 Å². The van der Waals surface area contributed by atoms with Crippen LogP contribution >= 0.6 is 34.5 Å². The minimum absolute atomic E-state index is 0.174. The molecule has 0 saturated heterocycles.